The Bertz CT molecular complexity index is 1040. The van der Waals surface area contributed by atoms with Gasteiger partial charge in [-0.2, -0.15) is 0 Å². The molecule has 1 saturated heterocycles. The van der Waals surface area contributed by atoms with Crippen LogP contribution in [-0.2, 0) is 9.59 Å². The van der Waals surface area contributed by atoms with E-state index in [-0.39, 0.29) is 11.3 Å². The van der Waals surface area contributed by atoms with Gasteiger partial charge in [-0.15, -0.1) is 0 Å². The van der Waals surface area contributed by atoms with Crippen molar-refractivity contribution < 1.29 is 24.2 Å². The molecule has 1 unspecified atom stereocenters. The summed E-state index contributed by atoms with van der Waals surface area (Å²) in [6.07, 6.45) is 1.64. The SMILES string of the molecule is C=CCOc1ccc(/C(O)=C2/C(=O)C(=O)N(CCN(CC)CC)C2c2ccc(OC)cc2)cc1. The second-order valence-electron chi connectivity index (χ2n) is 7.92. The molecule has 2 aromatic rings. The predicted octanol–water partition coefficient (Wildman–Crippen LogP) is 4.02. The van der Waals surface area contributed by atoms with E-state index >= 15 is 0 Å². The number of methoxy groups -OCH3 is 1. The zero-order valence-corrected chi connectivity index (χ0v) is 20.0. The van der Waals surface area contributed by atoms with Crippen molar-refractivity contribution in [3.05, 3.63) is 77.9 Å². The molecule has 0 bridgehead atoms. The molecule has 1 atom stereocenters. The first-order chi connectivity index (χ1) is 16.4. The summed E-state index contributed by atoms with van der Waals surface area (Å²) in [5.41, 5.74) is 1.24. The smallest absolute Gasteiger partial charge is 0.295 e. The Morgan fingerprint density at radius 3 is 2.24 bits per heavy atom. The number of ketones is 1. The lowest BCUT2D eigenvalue weighted by molar-refractivity contribution is -0.140. The van der Waals surface area contributed by atoms with Crippen LogP contribution < -0.4 is 9.47 Å². The number of hydrogen-bond donors (Lipinski definition) is 1. The zero-order chi connectivity index (χ0) is 24.7. The van der Waals surface area contributed by atoms with Gasteiger partial charge in [0.2, 0.25) is 0 Å². The van der Waals surface area contributed by atoms with Crippen LogP contribution in [0.2, 0.25) is 0 Å². The Morgan fingerprint density at radius 1 is 1.06 bits per heavy atom. The largest absolute Gasteiger partial charge is 0.507 e. The van der Waals surface area contributed by atoms with Gasteiger partial charge in [-0.1, -0.05) is 38.6 Å². The molecular formula is C27H32N2O5. The van der Waals surface area contributed by atoms with Crippen LogP contribution in [-0.4, -0.2) is 66.5 Å². The van der Waals surface area contributed by atoms with E-state index in [1.54, 1.807) is 54.5 Å². The number of Topliss-reactive ketones (excluding diaryl/α,β-unsaturated/α-hetero) is 1. The Balaban J connectivity index is 2.03. The second-order valence-corrected chi connectivity index (χ2v) is 7.92. The number of hydrogen-bond acceptors (Lipinski definition) is 6. The molecule has 34 heavy (non-hydrogen) atoms. The van der Waals surface area contributed by atoms with Gasteiger partial charge in [-0.3, -0.25) is 9.59 Å². The van der Waals surface area contributed by atoms with Crippen LogP contribution >= 0.6 is 0 Å². The molecule has 1 heterocycles. The van der Waals surface area contributed by atoms with Crippen molar-refractivity contribution in [1.29, 1.82) is 0 Å². The number of aliphatic hydroxyl groups excluding tert-OH is 1. The lowest BCUT2D eigenvalue weighted by atomic mass is 9.95. The van der Waals surface area contributed by atoms with E-state index in [1.165, 1.54) is 0 Å². The fraction of sp³-hybridized carbons (Fsp3) is 0.333. The number of likely N-dealkylation sites (tertiary alicyclic amines) is 1. The first-order valence-corrected chi connectivity index (χ1v) is 11.4. The maximum atomic E-state index is 13.1. The quantitative estimate of drug-likeness (QED) is 0.234. The number of benzene rings is 2. The summed E-state index contributed by atoms with van der Waals surface area (Å²) in [4.78, 5) is 30.0. The van der Waals surface area contributed by atoms with Gasteiger partial charge in [-0.25, -0.2) is 0 Å². The summed E-state index contributed by atoms with van der Waals surface area (Å²) in [5, 5.41) is 11.2. The summed E-state index contributed by atoms with van der Waals surface area (Å²) in [6, 6.07) is 13.3. The van der Waals surface area contributed by atoms with Crippen molar-refractivity contribution in [2.24, 2.45) is 0 Å². The van der Waals surface area contributed by atoms with Gasteiger partial charge in [0.15, 0.2) is 0 Å². The van der Waals surface area contributed by atoms with Crippen LogP contribution in [0.25, 0.3) is 5.76 Å². The van der Waals surface area contributed by atoms with Crippen molar-refractivity contribution in [3.63, 3.8) is 0 Å². The highest BCUT2D eigenvalue weighted by molar-refractivity contribution is 6.46. The van der Waals surface area contributed by atoms with Gasteiger partial charge in [0.25, 0.3) is 11.7 Å². The summed E-state index contributed by atoms with van der Waals surface area (Å²) in [6.45, 7) is 10.8. The number of nitrogens with zero attached hydrogens (tertiary/aromatic N) is 2. The first-order valence-electron chi connectivity index (χ1n) is 11.4. The van der Waals surface area contributed by atoms with E-state index in [1.807, 2.05) is 12.1 Å². The number of ether oxygens (including phenoxy) is 2. The third-order valence-electron chi connectivity index (χ3n) is 6.02. The van der Waals surface area contributed by atoms with E-state index in [0.29, 0.717) is 36.8 Å². The highest BCUT2D eigenvalue weighted by atomic mass is 16.5. The lowest BCUT2D eigenvalue weighted by Crippen LogP contribution is -2.38. The van der Waals surface area contributed by atoms with E-state index in [4.69, 9.17) is 9.47 Å². The number of amides is 1. The minimum absolute atomic E-state index is 0.0782. The monoisotopic (exact) mass is 464 g/mol. The average molecular weight is 465 g/mol. The average Bonchev–Trinajstić information content (AvgIpc) is 3.13. The van der Waals surface area contributed by atoms with E-state index in [0.717, 1.165) is 18.7 Å². The van der Waals surface area contributed by atoms with Crippen molar-refractivity contribution in [1.82, 2.24) is 9.80 Å². The molecule has 7 heteroatoms. The van der Waals surface area contributed by atoms with Crippen LogP contribution in [0.15, 0.2) is 66.8 Å². The molecule has 180 valence electrons. The Hall–Kier alpha value is -3.58. The highest BCUT2D eigenvalue weighted by Gasteiger charge is 2.45. The molecule has 1 amide bonds. The molecule has 0 aliphatic carbocycles. The van der Waals surface area contributed by atoms with Gasteiger partial charge < -0.3 is 24.4 Å². The van der Waals surface area contributed by atoms with Gasteiger partial charge >= 0.3 is 0 Å². The Kier molecular flexibility index (Phi) is 8.49. The topological polar surface area (TPSA) is 79.3 Å². The van der Waals surface area contributed by atoms with Gasteiger partial charge in [-0.05, 0) is 55.1 Å². The number of carbonyl (C=O) groups is 2. The van der Waals surface area contributed by atoms with E-state index in [2.05, 4.69) is 25.3 Å². The summed E-state index contributed by atoms with van der Waals surface area (Å²) < 4.78 is 10.8. The van der Waals surface area contributed by atoms with Crippen molar-refractivity contribution in [3.8, 4) is 11.5 Å². The number of carbonyl (C=O) groups excluding carboxylic acids is 2. The van der Waals surface area contributed by atoms with Crippen LogP contribution in [0.5, 0.6) is 11.5 Å². The van der Waals surface area contributed by atoms with Crippen molar-refractivity contribution in [2.75, 3.05) is 39.9 Å². The molecule has 1 N–H and O–H groups in total. The fourth-order valence-corrected chi connectivity index (χ4v) is 4.05. The third-order valence-corrected chi connectivity index (χ3v) is 6.02. The molecule has 1 fully saturated rings. The van der Waals surface area contributed by atoms with Crippen molar-refractivity contribution >= 4 is 17.4 Å². The molecule has 0 radical (unpaired) electrons. The molecular weight excluding hydrogens is 432 g/mol. The van der Waals surface area contributed by atoms with E-state index in [9.17, 15) is 14.7 Å². The summed E-state index contributed by atoms with van der Waals surface area (Å²) in [7, 11) is 1.58. The molecule has 2 aromatic carbocycles. The minimum Gasteiger partial charge on any atom is -0.507 e. The lowest BCUT2D eigenvalue weighted by Gasteiger charge is -2.28. The Morgan fingerprint density at radius 2 is 1.68 bits per heavy atom. The molecule has 1 aliphatic heterocycles. The van der Waals surface area contributed by atoms with Crippen LogP contribution in [0.1, 0.15) is 31.0 Å². The van der Waals surface area contributed by atoms with Crippen LogP contribution in [0.3, 0.4) is 0 Å². The number of aliphatic hydroxyl groups is 1. The first kappa shape index (κ1) is 25.1. The minimum atomic E-state index is -0.696. The number of likely N-dealkylation sites (N-methyl/N-ethyl adjacent to an activating group) is 1. The maximum Gasteiger partial charge on any atom is 0.295 e. The van der Waals surface area contributed by atoms with Crippen molar-refractivity contribution in [2.45, 2.75) is 19.9 Å². The standard InChI is InChI=1S/C27H32N2O5/c1-5-18-34-22-14-10-20(11-15-22)25(30)23-24(19-8-12-21(33-4)13-9-19)29(27(32)26(23)31)17-16-28(6-2)7-3/h5,8-15,24,30H,1,6-7,16-18H2,2-4H3/b25-23-. The Labute approximate surface area is 200 Å². The fourth-order valence-electron chi connectivity index (χ4n) is 4.05. The third kappa shape index (κ3) is 5.31. The molecule has 7 nitrogen and oxygen atoms in total. The molecule has 3 rings (SSSR count). The van der Waals surface area contributed by atoms with Gasteiger partial charge in [0.1, 0.15) is 23.9 Å². The van der Waals surface area contributed by atoms with Crippen LogP contribution in [0, 0.1) is 0 Å². The second kappa shape index (κ2) is 11.5. The molecule has 1 aliphatic rings. The normalized spacial score (nSPS) is 17.3. The molecule has 0 saturated carbocycles. The van der Waals surface area contributed by atoms with Gasteiger partial charge in [0.05, 0.1) is 18.7 Å². The zero-order valence-electron chi connectivity index (χ0n) is 20.0. The number of rotatable bonds is 11. The van der Waals surface area contributed by atoms with Crippen LogP contribution in [0.4, 0.5) is 0 Å². The highest BCUT2D eigenvalue weighted by Crippen LogP contribution is 2.39. The summed E-state index contributed by atoms with van der Waals surface area (Å²) >= 11 is 0. The van der Waals surface area contributed by atoms with Gasteiger partial charge in [0, 0.05) is 18.7 Å². The summed E-state index contributed by atoms with van der Waals surface area (Å²) in [5.74, 6) is -0.230. The molecule has 0 aromatic heterocycles. The van der Waals surface area contributed by atoms with E-state index < -0.39 is 17.7 Å². The predicted molar refractivity (Wildman–Crippen MR) is 132 cm³/mol. The molecule has 0 spiro atoms. The maximum absolute atomic E-state index is 13.1.